The minimum Gasteiger partial charge on any atom is -0.491 e. The summed E-state index contributed by atoms with van der Waals surface area (Å²) in [6.07, 6.45) is 4.68. The number of carbonyl (C=O) groups is 1. The molecule has 9 nitrogen and oxygen atoms in total. The number of aliphatic hydroxyl groups excluding tert-OH is 1. The van der Waals surface area contributed by atoms with Crippen LogP contribution in [0.3, 0.4) is 0 Å². The summed E-state index contributed by atoms with van der Waals surface area (Å²) < 4.78 is 10.6. The summed E-state index contributed by atoms with van der Waals surface area (Å²) in [5.41, 5.74) is 4.46. The lowest BCUT2D eigenvalue weighted by Crippen LogP contribution is -2.36. The molecule has 3 aromatic rings. The number of hydrogen-bond donors (Lipinski definition) is 1. The van der Waals surface area contributed by atoms with Gasteiger partial charge in [0.15, 0.2) is 5.75 Å². The lowest BCUT2D eigenvalue weighted by molar-refractivity contribution is 0.0996. The number of ether oxygens (including phenoxy) is 2. The van der Waals surface area contributed by atoms with E-state index in [0.717, 1.165) is 60.0 Å². The summed E-state index contributed by atoms with van der Waals surface area (Å²) in [5.74, 6) is 1.71. The number of carbonyl (C=O) groups excluding carboxylic acids is 1. The van der Waals surface area contributed by atoms with Crippen LogP contribution in [0.25, 0.3) is 11.3 Å². The van der Waals surface area contributed by atoms with Gasteiger partial charge in [0.05, 0.1) is 55.7 Å². The van der Waals surface area contributed by atoms with E-state index in [1.807, 2.05) is 31.2 Å². The van der Waals surface area contributed by atoms with E-state index < -0.39 is 0 Å². The van der Waals surface area contributed by atoms with Gasteiger partial charge in [-0.15, -0.1) is 0 Å². The molecule has 2 aliphatic heterocycles. The van der Waals surface area contributed by atoms with Crippen LogP contribution in [-0.4, -0.2) is 59.4 Å². The predicted octanol–water partition coefficient (Wildman–Crippen LogP) is 2.99. The minimum absolute atomic E-state index is 0.0763. The number of rotatable bonds is 5. The third-order valence-corrected chi connectivity index (χ3v) is 6.42. The van der Waals surface area contributed by atoms with Crippen LogP contribution in [0.2, 0.25) is 0 Å². The Bertz CT molecular complexity index is 1220. The molecule has 34 heavy (non-hydrogen) atoms. The fourth-order valence-electron chi connectivity index (χ4n) is 4.55. The van der Waals surface area contributed by atoms with E-state index in [9.17, 15) is 9.90 Å². The van der Waals surface area contributed by atoms with Crippen molar-refractivity contribution in [1.29, 1.82) is 0 Å². The molecule has 176 valence electrons. The van der Waals surface area contributed by atoms with Crippen molar-refractivity contribution >= 4 is 17.4 Å². The number of hydrogen-bond acceptors (Lipinski definition) is 8. The Balaban J connectivity index is 1.40. The van der Waals surface area contributed by atoms with Crippen molar-refractivity contribution < 1.29 is 19.4 Å². The van der Waals surface area contributed by atoms with Gasteiger partial charge in [-0.3, -0.25) is 9.78 Å². The molecule has 0 spiro atoms. The molecule has 0 aliphatic carbocycles. The molecule has 0 atom stereocenters. The zero-order chi connectivity index (χ0) is 23.8. The summed E-state index contributed by atoms with van der Waals surface area (Å²) in [5, 5.41) is 9.73. The first-order valence-corrected chi connectivity index (χ1v) is 11.3. The molecule has 1 fully saturated rings. The zero-order valence-electron chi connectivity index (χ0n) is 19.5. The second-order valence-electron chi connectivity index (χ2n) is 8.57. The summed E-state index contributed by atoms with van der Waals surface area (Å²) in [4.78, 5) is 30.8. The highest BCUT2D eigenvalue weighted by molar-refractivity contribution is 6.10. The third-order valence-electron chi connectivity index (χ3n) is 6.42. The van der Waals surface area contributed by atoms with Crippen molar-refractivity contribution in [3.63, 3.8) is 0 Å². The molecule has 0 saturated carbocycles. The standard InChI is InChI=1S/C25H27N5O4/c1-15-10-19(16-11-21(33-2)24(34-3)27-12-16)28-20-14-30(25(32)23(15)20)17-4-5-22(26-13-17)29-8-6-18(31)7-9-29/h4-5,10-13,18,31H,6-9,14H2,1-3H3. The highest BCUT2D eigenvalue weighted by atomic mass is 16.5. The van der Waals surface area contributed by atoms with Gasteiger partial charge in [0.1, 0.15) is 5.82 Å². The van der Waals surface area contributed by atoms with Crippen LogP contribution in [-0.2, 0) is 6.54 Å². The summed E-state index contributed by atoms with van der Waals surface area (Å²) >= 11 is 0. The highest BCUT2D eigenvalue weighted by Crippen LogP contribution is 2.34. The minimum atomic E-state index is -0.230. The first-order valence-electron chi connectivity index (χ1n) is 11.3. The topological polar surface area (TPSA) is 101 Å². The quantitative estimate of drug-likeness (QED) is 0.619. The van der Waals surface area contributed by atoms with Gasteiger partial charge in [-0.1, -0.05) is 0 Å². The van der Waals surface area contributed by atoms with Gasteiger partial charge in [0.25, 0.3) is 11.8 Å². The van der Waals surface area contributed by atoms with E-state index in [-0.39, 0.29) is 12.0 Å². The number of aliphatic hydroxyl groups is 1. The lowest BCUT2D eigenvalue weighted by atomic mass is 10.0. The Morgan fingerprint density at radius 1 is 1.06 bits per heavy atom. The normalized spacial score (nSPS) is 16.1. The van der Waals surface area contributed by atoms with Gasteiger partial charge in [-0.05, 0) is 49.6 Å². The number of piperidine rings is 1. The smallest absolute Gasteiger partial charge is 0.260 e. The largest absolute Gasteiger partial charge is 0.491 e. The summed E-state index contributed by atoms with van der Waals surface area (Å²) in [6.45, 7) is 3.85. The Kier molecular flexibility index (Phi) is 5.79. The van der Waals surface area contributed by atoms with E-state index in [0.29, 0.717) is 23.7 Å². The second-order valence-corrected chi connectivity index (χ2v) is 8.57. The van der Waals surface area contributed by atoms with Gasteiger partial charge >= 0.3 is 0 Å². The van der Waals surface area contributed by atoms with Crippen LogP contribution in [0.4, 0.5) is 11.5 Å². The molecule has 1 N–H and O–H groups in total. The molecule has 3 aromatic heterocycles. The number of aryl methyl sites for hydroxylation is 1. The SMILES string of the molecule is COc1cc(-c2cc(C)c3c(n2)CN(c2ccc(N4CCC(O)CC4)nc2)C3=O)cnc1OC. The van der Waals surface area contributed by atoms with Crippen LogP contribution in [0.1, 0.15) is 34.5 Å². The van der Waals surface area contributed by atoms with Gasteiger partial charge in [0.2, 0.25) is 0 Å². The van der Waals surface area contributed by atoms with Crippen LogP contribution in [0, 0.1) is 6.92 Å². The fraction of sp³-hybridized carbons (Fsp3) is 0.360. The summed E-state index contributed by atoms with van der Waals surface area (Å²) in [7, 11) is 3.11. The lowest BCUT2D eigenvalue weighted by Gasteiger charge is -2.30. The van der Waals surface area contributed by atoms with E-state index in [1.165, 1.54) is 0 Å². The molecule has 0 aromatic carbocycles. The van der Waals surface area contributed by atoms with Crippen LogP contribution in [0.5, 0.6) is 11.6 Å². The maximum Gasteiger partial charge on any atom is 0.260 e. The number of nitrogens with zero attached hydrogens (tertiary/aromatic N) is 5. The van der Waals surface area contributed by atoms with Gasteiger partial charge in [-0.2, -0.15) is 0 Å². The van der Waals surface area contributed by atoms with Crippen molar-refractivity contribution in [2.45, 2.75) is 32.4 Å². The number of fused-ring (bicyclic) bond motifs is 1. The third kappa shape index (κ3) is 3.92. The van der Waals surface area contributed by atoms with Crippen LogP contribution < -0.4 is 19.3 Å². The van der Waals surface area contributed by atoms with Gasteiger partial charge in [0, 0.05) is 24.8 Å². The molecule has 5 rings (SSSR count). The Morgan fingerprint density at radius 2 is 1.85 bits per heavy atom. The Labute approximate surface area is 198 Å². The molecule has 0 unspecified atom stereocenters. The average molecular weight is 462 g/mol. The van der Waals surface area contributed by atoms with Crippen molar-refractivity contribution in [3.05, 3.63) is 53.5 Å². The maximum absolute atomic E-state index is 13.2. The van der Waals surface area contributed by atoms with E-state index >= 15 is 0 Å². The van der Waals surface area contributed by atoms with E-state index in [4.69, 9.17) is 14.5 Å². The molecule has 2 aliphatic rings. The predicted molar refractivity (Wildman–Crippen MR) is 128 cm³/mol. The van der Waals surface area contributed by atoms with E-state index in [2.05, 4.69) is 14.9 Å². The molecule has 0 bridgehead atoms. The van der Waals surface area contributed by atoms with Gasteiger partial charge in [-0.25, -0.2) is 9.97 Å². The number of amides is 1. The molecule has 5 heterocycles. The Hall–Kier alpha value is -3.72. The van der Waals surface area contributed by atoms with Crippen LogP contribution >= 0.6 is 0 Å². The van der Waals surface area contributed by atoms with Crippen LogP contribution in [0.15, 0.2) is 36.7 Å². The van der Waals surface area contributed by atoms with Crippen molar-refractivity contribution in [2.75, 3.05) is 37.1 Å². The van der Waals surface area contributed by atoms with Crippen molar-refractivity contribution in [3.8, 4) is 22.9 Å². The maximum atomic E-state index is 13.2. The highest BCUT2D eigenvalue weighted by Gasteiger charge is 2.32. The first kappa shape index (κ1) is 22.1. The van der Waals surface area contributed by atoms with Crippen molar-refractivity contribution in [2.24, 2.45) is 0 Å². The monoisotopic (exact) mass is 461 g/mol. The number of anilines is 2. The average Bonchev–Trinajstić information content (AvgIpc) is 3.20. The molecular formula is C25H27N5O4. The molecule has 0 radical (unpaired) electrons. The molecule has 1 amide bonds. The zero-order valence-corrected chi connectivity index (χ0v) is 19.5. The van der Waals surface area contributed by atoms with Crippen molar-refractivity contribution in [1.82, 2.24) is 15.0 Å². The second kappa shape index (κ2) is 8.90. The first-order chi connectivity index (χ1) is 16.5. The summed E-state index contributed by atoms with van der Waals surface area (Å²) in [6, 6.07) is 7.59. The number of aromatic nitrogens is 3. The molecule has 9 heteroatoms. The fourth-order valence-corrected chi connectivity index (χ4v) is 4.55. The van der Waals surface area contributed by atoms with E-state index in [1.54, 1.807) is 31.5 Å². The number of methoxy groups -OCH3 is 2. The number of pyridine rings is 3. The molecule has 1 saturated heterocycles. The van der Waals surface area contributed by atoms with Gasteiger partial charge < -0.3 is 24.4 Å². The molecular weight excluding hydrogens is 434 g/mol. The Morgan fingerprint density at radius 3 is 2.53 bits per heavy atom.